The standard InChI is InChI=1S/C16H20N4O2/c1-12-4-3-5-13(8-12)9-19(14-6-7-14)11-20-10-17-15(18-20)16(21)22-2/h3-5,8,10,14H,6-7,9,11H2,1-2H3. The van der Waals surface area contributed by atoms with Gasteiger partial charge in [-0.3, -0.25) is 4.90 Å². The Kier molecular flexibility index (Phi) is 4.20. The minimum atomic E-state index is -0.504. The third kappa shape index (κ3) is 3.51. The van der Waals surface area contributed by atoms with Crippen molar-refractivity contribution in [3.8, 4) is 0 Å². The summed E-state index contributed by atoms with van der Waals surface area (Å²) < 4.78 is 6.33. The Bertz CT molecular complexity index is 664. The quantitative estimate of drug-likeness (QED) is 0.764. The molecule has 22 heavy (non-hydrogen) atoms. The van der Waals surface area contributed by atoms with E-state index < -0.39 is 5.97 Å². The lowest BCUT2D eigenvalue weighted by Gasteiger charge is -2.21. The van der Waals surface area contributed by atoms with Gasteiger partial charge in [0.15, 0.2) is 0 Å². The number of hydrogen-bond donors (Lipinski definition) is 0. The van der Waals surface area contributed by atoms with Gasteiger partial charge in [0.1, 0.15) is 6.33 Å². The van der Waals surface area contributed by atoms with Gasteiger partial charge < -0.3 is 4.74 Å². The number of aryl methyl sites for hydroxylation is 1. The molecule has 0 spiro atoms. The lowest BCUT2D eigenvalue weighted by Crippen LogP contribution is -2.28. The number of nitrogens with zero attached hydrogens (tertiary/aromatic N) is 4. The van der Waals surface area contributed by atoms with Crippen molar-refractivity contribution in [1.82, 2.24) is 19.7 Å². The number of carbonyl (C=O) groups excluding carboxylic acids is 1. The lowest BCUT2D eigenvalue weighted by atomic mass is 10.1. The molecular formula is C16H20N4O2. The Morgan fingerprint density at radius 3 is 2.95 bits per heavy atom. The van der Waals surface area contributed by atoms with E-state index in [4.69, 9.17) is 0 Å². The summed E-state index contributed by atoms with van der Waals surface area (Å²) in [6.45, 7) is 3.60. The fraction of sp³-hybridized carbons (Fsp3) is 0.438. The molecule has 0 bridgehead atoms. The van der Waals surface area contributed by atoms with Crippen LogP contribution in [0.4, 0.5) is 0 Å². The van der Waals surface area contributed by atoms with Crippen molar-refractivity contribution >= 4 is 5.97 Å². The van der Waals surface area contributed by atoms with Crippen LogP contribution in [0.3, 0.4) is 0 Å². The molecule has 0 saturated heterocycles. The van der Waals surface area contributed by atoms with E-state index >= 15 is 0 Å². The number of ether oxygens (including phenoxy) is 1. The number of aromatic nitrogens is 3. The van der Waals surface area contributed by atoms with Crippen LogP contribution in [0.5, 0.6) is 0 Å². The number of methoxy groups -OCH3 is 1. The maximum absolute atomic E-state index is 11.4. The van der Waals surface area contributed by atoms with Crippen LogP contribution in [0.1, 0.15) is 34.6 Å². The Labute approximate surface area is 129 Å². The summed E-state index contributed by atoms with van der Waals surface area (Å²) in [4.78, 5) is 17.8. The first-order valence-corrected chi connectivity index (χ1v) is 7.43. The molecule has 1 aromatic carbocycles. The van der Waals surface area contributed by atoms with E-state index in [0.29, 0.717) is 12.7 Å². The average molecular weight is 300 g/mol. The Morgan fingerprint density at radius 1 is 1.45 bits per heavy atom. The van der Waals surface area contributed by atoms with Crippen molar-refractivity contribution in [2.75, 3.05) is 7.11 Å². The second-order valence-electron chi connectivity index (χ2n) is 5.71. The van der Waals surface area contributed by atoms with Crippen LogP contribution in [0.2, 0.25) is 0 Å². The zero-order chi connectivity index (χ0) is 15.5. The van der Waals surface area contributed by atoms with Crippen LogP contribution >= 0.6 is 0 Å². The maximum atomic E-state index is 11.4. The maximum Gasteiger partial charge on any atom is 0.377 e. The second-order valence-corrected chi connectivity index (χ2v) is 5.71. The number of benzene rings is 1. The van der Waals surface area contributed by atoms with Gasteiger partial charge in [-0.25, -0.2) is 14.5 Å². The van der Waals surface area contributed by atoms with Crippen molar-refractivity contribution in [3.05, 3.63) is 47.5 Å². The van der Waals surface area contributed by atoms with Crippen molar-refractivity contribution in [1.29, 1.82) is 0 Å². The van der Waals surface area contributed by atoms with Gasteiger partial charge >= 0.3 is 5.97 Å². The number of rotatable bonds is 6. The topological polar surface area (TPSA) is 60.2 Å². The smallest absolute Gasteiger partial charge is 0.377 e. The summed E-state index contributed by atoms with van der Waals surface area (Å²) in [5.74, 6) is -0.399. The van der Waals surface area contributed by atoms with E-state index in [9.17, 15) is 4.79 Å². The Balaban J connectivity index is 1.69. The van der Waals surface area contributed by atoms with Gasteiger partial charge in [0, 0.05) is 12.6 Å². The first-order valence-electron chi connectivity index (χ1n) is 7.43. The zero-order valence-electron chi connectivity index (χ0n) is 12.9. The Morgan fingerprint density at radius 2 is 2.27 bits per heavy atom. The van der Waals surface area contributed by atoms with E-state index in [1.807, 2.05) is 0 Å². The third-order valence-corrected chi connectivity index (χ3v) is 3.76. The highest BCUT2D eigenvalue weighted by Gasteiger charge is 2.29. The molecule has 1 aromatic heterocycles. The molecule has 0 N–H and O–H groups in total. The summed E-state index contributed by atoms with van der Waals surface area (Å²) in [6, 6.07) is 9.12. The minimum Gasteiger partial charge on any atom is -0.463 e. The van der Waals surface area contributed by atoms with E-state index in [-0.39, 0.29) is 5.82 Å². The Hall–Kier alpha value is -2.21. The molecule has 3 rings (SSSR count). The van der Waals surface area contributed by atoms with Gasteiger partial charge in [-0.15, -0.1) is 5.10 Å². The van der Waals surface area contributed by atoms with Crippen molar-refractivity contribution in [3.63, 3.8) is 0 Å². The monoisotopic (exact) mass is 300 g/mol. The third-order valence-electron chi connectivity index (χ3n) is 3.76. The van der Waals surface area contributed by atoms with Gasteiger partial charge in [-0.1, -0.05) is 29.8 Å². The van der Waals surface area contributed by atoms with E-state index in [1.165, 1.54) is 31.1 Å². The van der Waals surface area contributed by atoms with E-state index in [0.717, 1.165) is 6.54 Å². The van der Waals surface area contributed by atoms with Gasteiger partial charge in [-0.2, -0.15) is 0 Å². The predicted molar refractivity (Wildman–Crippen MR) is 81.1 cm³/mol. The molecule has 0 amide bonds. The van der Waals surface area contributed by atoms with E-state index in [1.54, 1.807) is 11.0 Å². The molecule has 1 heterocycles. The molecule has 0 unspecified atom stereocenters. The minimum absolute atomic E-state index is 0.105. The fourth-order valence-electron chi connectivity index (χ4n) is 2.51. The van der Waals surface area contributed by atoms with Crippen LogP contribution < -0.4 is 0 Å². The predicted octanol–water partition coefficient (Wildman–Crippen LogP) is 2.00. The summed E-state index contributed by atoms with van der Waals surface area (Å²) >= 11 is 0. The second kappa shape index (κ2) is 6.27. The fourth-order valence-corrected chi connectivity index (χ4v) is 2.51. The molecule has 0 atom stereocenters. The largest absolute Gasteiger partial charge is 0.463 e. The lowest BCUT2D eigenvalue weighted by molar-refractivity contribution is 0.0585. The SMILES string of the molecule is COC(=O)c1ncn(CN(Cc2cccc(C)c2)C2CC2)n1. The molecule has 1 aliphatic carbocycles. The van der Waals surface area contributed by atoms with Gasteiger partial charge in [0.2, 0.25) is 0 Å². The molecular weight excluding hydrogens is 280 g/mol. The van der Waals surface area contributed by atoms with Crippen LogP contribution in [0, 0.1) is 6.92 Å². The van der Waals surface area contributed by atoms with Crippen molar-refractivity contribution < 1.29 is 9.53 Å². The molecule has 2 aromatic rings. The van der Waals surface area contributed by atoms with Gasteiger partial charge in [0.05, 0.1) is 13.8 Å². The van der Waals surface area contributed by atoms with Gasteiger partial charge in [-0.05, 0) is 25.3 Å². The van der Waals surface area contributed by atoms with Crippen LogP contribution in [0.15, 0.2) is 30.6 Å². The summed E-state index contributed by atoms with van der Waals surface area (Å²) in [5.41, 5.74) is 2.56. The summed E-state index contributed by atoms with van der Waals surface area (Å²) in [7, 11) is 1.33. The summed E-state index contributed by atoms with van der Waals surface area (Å²) in [5, 5.41) is 4.18. The summed E-state index contributed by atoms with van der Waals surface area (Å²) in [6.07, 6.45) is 4.01. The first-order chi connectivity index (χ1) is 10.7. The number of hydrogen-bond acceptors (Lipinski definition) is 5. The molecule has 0 aliphatic heterocycles. The first kappa shape index (κ1) is 14.7. The van der Waals surface area contributed by atoms with Gasteiger partial charge in [0.25, 0.3) is 5.82 Å². The highest BCUT2D eigenvalue weighted by Crippen LogP contribution is 2.28. The highest BCUT2D eigenvalue weighted by molar-refractivity contribution is 5.84. The number of esters is 1. The molecule has 116 valence electrons. The van der Waals surface area contributed by atoms with Crippen LogP contribution in [0.25, 0.3) is 0 Å². The molecule has 0 radical (unpaired) electrons. The average Bonchev–Trinajstić information content (AvgIpc) is 3.26. The molecule has 1 saturated carbocycles. The molecule has 1 fully saturated rings. The number of carbonyl (C=O) groups is 1. The van der Waals surface area contributed by atoms with E-state index in [2.05, 4.69) is 50.9 Å². The highest BCUT2D eigenvalue weighted by atomic mass is 16.5. The van der Waals surface area contributed by atoms with Crippen molar-refractivity contribution in [2.45, 2.75) is 39.0 Å². The molecule has 6 nitrogen and oxygen atoms in total. The normalized spacial score (nSPS) is 14.3. The van der Waals surface area contributed by atoms with Crippen LogP contribution in [-0.4, -0.2) is 38.8 Å². The van der Waals surface area contributed by atoms with Crippen molar-refractivity contribution in [2.24, 2.45) is 0 Å². The molecule has 6 heteroatoms. The zero-order valence-corrected chi connectivity index (χ0v) is 12.9. The van der Waals surface area contributed by atoms with Crippen LogP contribution in [-0.2, 0) is 18.0 Å². The molecule has 1 aliphatic rings.